The molecule has 0 saturated heterocycles. The van der Waals surface area contributed by atoms with E-state index in [1.165, 1.54) is 28.7 Å². The molecule has 5 rings (SSSR count). The molecule has 0 unspecified atom stereocenters. The van der Waals surface area contributed by atoms with Gasteiger partial charge in [0, 0.05) is 30.2 Å². The summed E-state index contributed by atoms with van der Waals surface area (Å²) in [6.45, 7) is 1.44. The lowest BCUT2D eigenvalue weighted by molar-refractivity contribution is 0.114. The maximum Gasteiger partial charge on any atom is 0.230 e. The molecule has 0 atom stereocenters. The minimum Gasteiger partial charge on any atom is -0.376 e. The van der Waals surface area contributed by atoms with Crippen molar-refractivity contribution in [1.82, 2.24) is 24.6 Å². The van der Waals surface area contributed by atoms with Crippen LogP contribution in [0.1, 0.15) is 36.1 Å². The number of hydrogen-bond acceptors (Lipinski definition) is 8. The first-order valence-electron chi connectivity index (χ1n) is 10.7. The molecule has 4 heterocycles. The average molecular weight is 428 g/mol. The van der Waals surface area contributed by atoms with Crippen LogP contribution in [0.25, 0.3) is 10.2 Å². The molecule has 3 aromatic heterocycles. The standard InChI is InChI=1S/C21H29N7OS/c1-27(2)15-6-4-13(5-7-15)23-19-18-16-8-9-29-12-17(16)30-20(18)26-21(25-19)24-14-10-22-28(3)11-14/h10-11,13,15H,4-9,12H2,1-3H3,(H2,23,24,25,26)/t13-,15-. The van der Waals surface area contributed by atoms with Crippen LogP contribution in [0.2, 0.25) is 0 Å². The number of nitrogens with one attached hydrogen (secondary N) is 2. The first-order chi connectivity index (χ1) is 14.6. The number of nitrogens with zero attached hydrogens (tertiary/aromatic N) is 5. The van der Waals surface area contributed by atoms with Gasteiger partial charge in [-0.15, -0.1) is 11.3 Å². The summed E-state index contributed by atoms with van der Waals surface area (Å²) in [5.74, 6) is 1.57. The molecule has 2 N–H and O–H groups in total. The van der Waals surface area contributed by atoms with Gasteiger partial charge in [0.2, 0.25) is 5.95 Å². The van der Waals surface area contributed by atoms with Crippen LogP contribution in [0, 0.1) is 0 Å². The summed E-state index contributed by atoms with van der Waals surface area (Å²) < 4.78 is 7.46. The molecule has 1 aliphatic heterocycles. The van der Waals surface area contributed by atoms with E-state index in [0.29, 0.717) is 24.6 Å². The van der Waals surface area contributed by atoms with Crippen molar-refractivity contribution in [1.29, 1.82) is 0 Å². The number of rotatable bonds is 5. The highest BCUT2D eigenvalue weighted by Gasteiger charge is 2.26. The predicted molar refractivity (Wildman–Crippen MR) is 121 cm³/mol. The van der Waals surface area contributed by atoms with Crippen LogP contribution in [0.3, 0.4) is 0 Å². The van der Waals surface area contributed by atoms with Crippen LogP contribution < -0.4 is 10.6 Å². The molecule has 160 valence electrons. The summed E-state index contributed by atoms with van der Waals surface area (Å²) in [5.41, 5.74) is 2.25. The van der Waals surface area contributed by atoms with E-state index in [-0.39, 0.29) is 0 Å². The van der Waals surface area contributed by atoms with Crippen LogP contribution in [0.15, 0.2) is 12.4 Å². The number of ether oxygens (including phenoxy) is 1. The molecule has 0 amide bonds. The molecule has 0 spiro atoms. The Bertz CT molecular complexity index is 1040. The van der Waals surface area contributed by atoms with Gasteiger partial charge in [0.15, 0.2) is 0 Å². The second kappa shape index (κ2) is 8.13. The first-order valence-corrected chi connectivity index (χ1v) is 11.5. The Morgan fingerprint density at radius 2 is 2.03 bits per heavy atom. The van der Waals surface area contributed by atoms with Gasteiger partial charge in [-0.25, -0.2) is 4.98 Å². The normalized spacial score (nSPS) is 21.7. The van der Waals surface area contributed by atoms with Gasteiger partial charge in [-0.3, -0.25) is 4.68 Å². The Labute approximate surface area is 180 Å². The summed E-state index contributed by atoms with van der Waals surface area (Å²) >= 11 is 1.73. The number of aromatic nitrogens is 4. The average Bonchev–Trinajstić information content (AvgIpc) is 3.31. The fourth-order valence-electron chi connectivity index (χ4n) is 4.53. The van der Waals surface area contributed by atoms with Crippen molar-refractivity contribution in [3.63, 3.8) is 0 Å². The fraction of sp³-hybridized carbons (Fsp3) is 0.571. The highest BCUT2D eigenvalue weighted by atomic mass is 32.1. The van der Waals surface area contributed by atoms with E-state index in [1.54, 1.807) is 22.2 Å². The van der Waals surface area contributed by atoms with Crippen molar-refractivity contribution in [2.75, 3.05) is 31.3 Å². The van der Waals surface area contributed by atoms with Gasteiger partial charge in [0.1, 0.15) is 10.6 Å². The topological polar surface area (TPSA) is 80.1 Å². The highest BCUT2D eigenvalue weighted by Crippen LogP contribution is 2.39. The number of anilines is 3. The van der Waals surface area contributed by atoms with Crippen LogP contribution in [0.4, 0.5) is 17.5 Å². The number of hydrogen-bond donors (Lipinski definition) is 2. The van der Waals surface area contributed by atoms with Gasteiger partial charge in [-0.1, -0.05) is 0 Å². The molecule has 0 bridgehead atoms. The lowest BCUT2D eigenvalue weighted by Gasteiger charge is -2.33. The molecule has 2 aliphatic rings. The largest absolute Gasteiger partial charge is 0.376 e. The Morgan fingerprint density at radius 1 is 1.20 bits per heavy atom. The molecular weight excluding hydrogens is 398 g/mol. The van der Waals surface area contributed by atoms with Crippen LogP contribution in [-0.2, 0) is 24.8 Å². The zero-order chi connectivity index (χ0) is 20.7. The Hall–Kier alpha value is -2.23. The summed E-state index contributed by atoms with van der Waals surface area (Å²) in [5, 5.41) is 12.5. The van der Waals surface area contributed by atoms with E-state index in [9.17, 15) is 0 Å². The molecule has 9 heteroatoms. The predicted octanol–water partition coefficient (Wildman–Crippen LogP) is 3.53. The maximum absolute atomic E-state index is 5.69. The quantitative estimate of drug-likeness (QED) is 0.645. The van der Waals surface area contributed by atoms with Gasteiger partial charge >= 0.3 is 0 Å². The number of fused-ring (bicyclic) bond motifs is 3. The molecule has 1 aliphatic carbocycles. The zero-order valence-electron chi connectivity index (χ0n) is 17.8. The fourth-order valence-corrected chi connectivity index (χ4v) is 5.69. The highest BCUT2D eigenvalue weighted by molar-refractivity contribution is 7.19. The van der Waals surface area contributed by atoms with Gasteiger partial charge in [-0.2, -0.15) is 10.1 Å². The number of aryl methyl sites for hydroxylation is 1. The van der Waals surface area contributed by atoms with Gasteiger partial charge in [0.25, 0.3) is 0 Å². The molecule has 0 aromatic carbocycles. The molecule has 3 aromatic rings. The summed E-state index contributed by atoms with van der Waals surface area (Å²) in [4.78, 5) is 14.4. The van der Waals surface area contributed by atoms with Crippen molar-refractivity contribution in [3.8, 4) is 0 Å². The zero-order valence-corrected chi connectivity index (χ0v) is 18.6. The van der Waals surface area contributed by atoms with Crippen LogP contribution >= 0.6 is 11.3 Å². The van der Waals surface area contributed by atoms with Crippen LogP contribution in [-0.4, -0.2) is 57.4 Å². The van der Waals surface area contributed by atoms with E-state index in [2.05, 4.69) is 34.7 Å². The van der Waals surface area contributed by atoms with Crippen molar-refractivity contribution in [2.45, 2.75) is 50.8 Å². The third-order valence-corrected chi connectivity index (χ3v) is 7.29. The minimum absolute atomic E-state index is 0.445. The summed E-state index contributed by atoms with van der Waals surface area (Å²) in [6, 6.07) is 1.13. The SMILES string of the molecule is Cn1cc(Nc2nc(N[C@H]3CC[C@H](N(C)C)CC3)c3c4c(sc3n2)COCC4)cn1. The van der Waals surface area contributed by atoms with Gasteiger partial charge < -0.3 is 20.3 Å². The Morgan fingerprint density at radius 3 is 2.77 bits per heavy atom. The van der Waals surface area contributed by atoms with Crippen molar-refractivity contribution >= 4 is 39.0 Å². The van der Waals surface area contributed by atoms with E-state index < -0.39 is 0 Å². The Balaban J connectivity index is 1.47. The second-order valence-corrected chi connectivity index (χ2v) is 9.61. The third-order valence-electron chi connectivity index (χ3n) is 6.19. The smallest absolute Gasteiger partial charge is 0.230 e. The van der Waals surface area contributed by atoms with Gasteiger partial charge in [-0.05, 0) is 51.8 Å². The summed E-state index contributed by atoms with van der Waals surface area (Å²) in [6.07, 6.45) is 9.40. The van der Waals surface area contributed by atoms with E-state index in [1.807, 2.05) is 13.2 Å². The molecule has 0 radical (unpaired) electrons. The van der Waals surface area contributed by atoms with Crippen LogP contribution in [0.5, 0.6) is 0 Å². The Kier molecular flexibility index (Phi) is 5.34. The van der Waals surface area contributed by atoms with Crippen molar-refractivity contribution in [2.24, 2.45) is 7.05 Å². The lowest BCUT2D eigenvalue weighted by Crippen LogP contribution is -2.36. The number of thiophene rings is 1. The van der Waals surface area contributed by atoms with E-state index >= 15 is 0 Å². The minimum atomic E-state index is 0.445. The van der Waals surface area contributed by atoms with Crippen molar-refractivity contribution in [3.05, 3.63) is 22.8 Å². The van der Waals surface area contributed by atoms with Crippen molar-refractivity contribution < 1.29 is 4.74 Å². The van der Waals surface area contributed by atoms with Gasteiger partial charge in [0.05, 0.1) is 30.5 Å². The second-order valence-electron chi connectivity index (χ2n) is 8.52. The molecular formula is C21H29N7OS. The molecule has 8 nitrogen and oxygen atoms in total. The summed E-state index contributed by atoms with van der Waals surface area (Å²) in [7, 11) is 6.27. The lowest BCUT2D eigenvalue weighted by atomic mass is 9.90. The monoisotopic (exact) mass is 427 g/mol. The maximum atomic E-state index is 5.69. The molecule has 1 saturated carbocycles. The van der Waals surface area contributed by atoms with E-state index in [4.69, 9.17) is 14.7 Å². The third kappa shape index (κ3) is 3.89. The first kappa shape index (κ1) is 19.7. The molecule has 30 heavy (non-hydrogen) atoms. The molecule has 1 fully saturated rings. The van der Waals surface area contributed by atoms with E-state index in [0.717, 1.165) is 42.2 Å².